The van der Waals surface area contributed by atoms with Crippen LogP contribution in [0.4, 0.5) is 5.82 Å². The molecular weight excluding hydrogens is 282 g/mol. The van der Waals surface area contributed by atoms with Crippen LogP contribution in [-0.2, 0) is 4.79 Å². The highest BCUT2D eigenvalue weighted by molar-refractivity contribution is 9.10. The third kappa shape index (κ3) is 2.09. The minimum absolute atomic E-state index is 0.0176. The van der Waals surface area contributed by atoms with Gasteiger partial charge in [0.05, 0.1) is 6.04 Å². The highest BCUT2D eigenvalue weighted by atomic mass is 79.9. The van der Waals surface area contributed by atoms with E-state index in [1.165, 1.54) is 6.42 Å². The molecule has 1 saturated carbocycles. The molecule has 2 heterocycles. The quantitative estimate of drug-likeness (QED) is 0.820. The van der Waals surface area contributed by atoms with Crippen molar-refractivity contribution in [3.8, 4) is 0 Å². The number of halogens is 1. The number of piperidine rings is 1. The van der Waals surface area contributed by atoms with E-state index in [1.807, 2.05) is 12.1 Å². The predicted octanol–water partition coefficient (Wildman–Crippen LogP) is 1.92. The maximum Gasteiger partial charge on any atom is 0.242 e. The van der Waals surface area contributed by atoms with Crippen LogP contribution in [0.15, 0.2) is 22.8 Å². The molecule has 1 aliphatic heterocycles. The molecule has 0 spiro atoms. The summed E-state index contributed by atoms with van der Waals surface area (Å²) in [4.78, 5) is 16.2. The summed E-state index contributed by atoms with van der Waals surface area (Å²) in [5.41, 5.74) is 0.354. The number of rotatable bonds is 2. The van der Waals surface area contributed by atoms with Gasteiger partial charge in [0, 0.05) is 6.04 Å². The zero-order chi connectivity index (χ0) is 12.0. The molecular formula is C12H14BrN3O. The van der Waals surface area contributed by atoms with E-state index in [1.54, 1.807) is 6.07 Å². The molecule has 5 heteroatoms. The van der Waals surface area contributed by atoms with Gasteiger partial charge in [-0.2, -0.15) is 0 Å². The first-order valence-electron chi connectivity index (χ1n) is 5.76. The Labute approximate surface area is 108 Å². The van der Waals surface area contributed by atoms with E-state index in [4.69, 9.17) is 0 Å². The molecule has 1 amide bonds. The van der Waals surface area contributed by atoms with Crippen LogP contribution in [0, 0.1) is 5.41 Å². The molecule has 1 saturated heterocycles. The van der Waals surface area contributed by atoms with E-state index in [0.29, 0.717) is 17.3 Å². The Morgan fingerprint density at radius 2 is 2.41 bits per heavy atom. The van der Waals surface area contributed by atoms with E-state index in [0.717, 1.165) is 11.0 Å². The number of fused-ring (bicyclic) bond motifs is 1. The standard InChI is InChI=1S/C12H14BrN3O/c1-12-5-7(14-8(12)6-12)11(17)16-10-4-2-3-9(13)15-10/h2-4,7-8,14H,5-6H2,1H3,(H,15,16,17)/t7-,8?,12-/m0/s1. The van der Waals surface area contributed by atoms with E-state index in [-0.39, 0.29) is 11.9 Å². The molecule has 2 aliphatic rings. The lowest BCUT2D eigenvalue weighted by molar-refractivity contribution is -0.118. The van der Waals surface area contributed by atoms with Gasteiger partial charge in [-0.25, -0.2) is 4.98 Å². The minimum Gasteiger partial charge on any atom is -0.309 e. The monoisotopic (exact) mass is 295 g/mol. The Balaban J connectivity index is 1.64. The molecule has 3 atom stereocenters. The first-order chi connectivity index (χ1) is 8.07. The molecule has 3 rings (SSSR count). The van der Waals surface area contributed by atoms with Gasteiger partial charge in [0.15, 0.2) is 0 Å². The molecule has 90 valence electrons. The highest BCUT2D eigenvalue weighted by Crippen LogP contribution is 2.53. The summed E-state index contributed by atoms with van der Waals surface area (Å²) < 4.78 is 0.726. The Bertz CT molecular complexity index is 479. The lowest BCUT2D eigenvalue weighted by Crippen LogP contribution is -2.38. The highest BCUT2D eigenvalue weighted by Gasteiger charge is 2.58. The Kier molecular flexibility index (Phi) is 2.48. The second-order valence-corrected chi connectivity index (χ2v) is 5.98. The average Bonchev–Trinajstić information content (AvgIpc) is 2.77. The smallest absolute Gasteiger partial charge is 0.242 e. The summed E-state index contributed by atoms with van der Waals surface area (Å²) in [6, 6.07) is 5.95. The molecule has 1 unspecified atom stereocenters. The lowest BCUT2D eigenvalue weighted by Gasteiger charge is -2.13. The van der Waals surface area contributed by atoms with Crippen LogP contribution in [-0.4, -0.2) is 23.0 Å². The van der Waals surface area contributed by atoms with Crippen molar-refractivity contribution in [1.82, 2.24) is 10.3 Å². The largest absolute Gasteiger partial charge is 0.309 e. The first kappa shape index (κ1) is 11.2. The SMILES string of the molecule is C[C@]12CC1N[C@H](C(=O)Nc1cccc(Br)n1)C2. The molecule has 1 aliphatic carbocycles. The van der Waals surface area contributed by atoms with Gasteiger partial charge in [-0.05, 0) is 46.3 Å². The second kappa shape index (κ2) is 3.78. The molecule has 17 heavy (non-hydrogen) atoms. The van der Waals surface area contributed by atoms with Gasteiger partial charge < -0.3 is 10.6 Å². The summed E-state index contributed by atoms with van der Waals surface area (Å²) in [5, 5.41) is 6.19. The molecule has 1 aromatic rings. The van der Waals surface area contributed by atoms with Crippen molar-refractivity contribution in [3.63, 3.8) is 0 Å². The van der Waals surface area contributed by atoms with E-state index >= 15 is 0 Å². The zero-order valence-electron chi connectivity index (χ0n) is 9.53. The third-order valence-electron chi connectivity index (χ3n) is 3.71. The van der Waals surface area contributed by atoms with Crippen LogP contribution in [0.1, 0.15) is 19.8 Å². The normalized spacial score (nSPS) is 34.2. The van der Waals surface area contributed by atoms with Gasteiger partial charge in [0.2, 0.25) is 5.91 Å². The Morgan fingerprint density at radius 3 is 3.06 bits per heavy atom. The predicted molar refractivity (Wildman–Crippen MR) is 68.6 cm³/mol. The maximum atomic E-state index is 12.0. The molecule has 1 aromatic heterocycles. The molecule has 2 N–H and O–H groups in total. The van der Waals surface area contributed by atoms with Crippen LogP contribution in [0.2, 0.25) is 0 Å². The number of anilines is 1. The number of carbonyl (C=O) groups is 1. The molecule has 2 fully saturated rings. The number of pyridine rings is 1. The van der Waals surface area contributed by atoms with Crippen LogP contribution in [0.5, 0.6) is 0 Å². The molecule has 0 radical (unpaired) electrons. The Hall–Kier alpha value is -0.940. The summed E-state index contributed by atoms with van der Waals surface area (Å²) in [7, 11) is 0. The van der Waals surface area contributed by atoms with Crippen LogP contribution in [0.3, 0.4) is 0 Å². The van der Waals surface area contributed by atoms with Crippen molar-refractivity contribution < 1.29 is 4.79 Å². The van der Waals surface area contributed by atoms with Crippen molar-refractivity contribution in [1.29, 1.82) is 0 Å². The van der Waals surface area contributed by atoms with Crippen LogP contribution >= 0.6 is 15.9 Å². The van der Waals surface area contributed by atoms with Gasteiger partial charge in [0.1, 0.15) is 10.4 Å². The van der Waals surface area contributed by atoms with Crippen molar-refractivity contribution in [3.05, 3.63) is 22.8 Å². The topological polar surface area (TPSA) is 54.0 Å². The summed E-state index contributed by atoms with van der Waals surface area (Å²) in [6.45, 7) is 2.23. The number of nitrogens with one attached hydrogen (secondary N) is 2. The van der Waals surface area contributed by atoms with Crippen LogP contribution < -0.4 is 10.6 Å². The fourth-order valence-electron chi connectivity index (χ4n) is 2.52. The molecule has 0 bridgehead atoms. The van der Waals surface area contributed by atoms with Crippen molar-refractivity contribution in [2.45, 2.75) is 31.8 Å². The summed E-state index contributed by atoms with van der Waals surface area (Å²) in [6.07, 6.45) is 2.13. The number of hydrogen-bond acceptors (Lipinski definition) is 3. The summed E-state index contributed by atoms with van der Waals surface area (Å²) in [5.74, 6) is 0.612. The van der Waals surface area contributed by atoms with Gasteiger partial charge >= 0.3 is 0 Å². The minimum atomic E-state index is -0.0699. The number of hydrogen-bond donors (Lipinski definition) is 2. The van der Waals surface area contributed by atoms with Crippen molar-refractivity contribution in [2.75, 3.05) is 5.32 Å². The molecule has 0 aromatic carbocycles. The lowest BCUT2D eigenvalue weighted by atomic mass is 10.0. The van der Waals surface area contributed by atoms with Gasteiger partial charge in [-0.15, -0.1) is 0 Å². The van der Waals surface area contributed by atoms with Crippen molar-refractivity contribution in [2.24, 2.45) is 5.41 Å². The van der Waals surface area contributed by atoms with Crippen molar-refractivity contribution >= 4 is 27.7 Å². The third-order valence-corrected chi connectivity index (χ3v) is 4.15. The van der Waals surface area contributed by atoms with Gasteiger partial charge in [0.25, 0.3) is 0 Å². The first-order valence-corrected chi connectivity index (χ1v) is 6.56. The number of carbonyl (C=O) groups excluding carboxylic acids is 1. The number of aromatic nitrogens is 1. The molecule has 4 nitrogen and oxygen atoms in total. The Morgan fingerprint density at radius 1 is 1.59 bits per heavy atom. The fourth-order valence-corrected chi connectivity index (χ4v) is 2.86. The second-order valence-electron chi connectivity index (χ2n) is 5.17. The van der Waals surface area contributed by atoms with Gasteiger partial charge in [-0.3, -0.25) is 4.79 Å². The van der Waals surface area contributed by atoms with E-state index in [9.17, 15) is 4.79 Å². The number of amides is 1. The average molecular weight is 296 g/mol. The number of nitrogens with zero attached hydrogens (tertiary/aromatic N) is 1. The van der Waals surface area contributed by atoms with Gasteiger partial charge in [-0.1, -0.05) is 13.0 Å². The van der Waals surface area contributed by atoms with Crippen LogP contribution in [0.25, 0.3) is 0 Å². The summed E-state index contributed by atoms with van der Waals surface area (Å²) >= 11 is 3.28. The maximum absolute atomic E-state index is 12.0. The van der Waals surface area contributed by atoms with E-state index < -0.39 is 0 Å². The fraction of sp³-hybridized carbons (Fsp3) is 0.500. The zero-order valence-corrected chi connectivity index (χ0v) is 11.1. The van der Waals surface area contributed by atoms with E-state index in [2.05, 4.69) is 38.5 Å².